The molecule has 2 amide bonds. The molecule has 2 aliphatic rings. The number of thioether (sulfide) groups is 1. The van der Waals surface area contributed by atoms with Gasteiger partial charge in [-0.1, -0.05) is 18.2 Å². The Hall–Kier alpha value is -2.02. The molecule has 0 spiro atoms. The van der Waals surface area contributed by atoms with E-state index < -0.39 is 11.5 Å². The molecular weight excluding hydrogens is 340 g/mol. The van der Waals surface area contributed by atoms with Gasteiger partial charge in [0.05, 0.1) is 0 Å². The van der Waals surface area contributed by atoms with Crippen LogP contribution in [0, 0.1) is 5.92 Å². The van der Waals surface area contributed by atoms with E-state index in [1.54, 1.807) is 28.8 Å². The van der Waals surface area contributed by atoms with Crippen LogP contribution in [0.4, 0.5) is 0 Å². The van der Waals surface area contributed by atoms with Crippen molar-refractivity contribution >= 4 is 29.5 Å². The average molecular weight is 362 g/mol. The van der Waals surface area contributed by atoms with Gasteiger partial charge >= 0.3 is 5.97 Å². The van der Waals surface area contributed by atoms with Crippen LogP contribution in [0.3, 0.4) is 0 Å². The van der Waals surface area contributed by atoms with Gasteiger partial charge in [0.2, 0.25) is 5.91 Å². The van der Waals surface area contributed by atoms with E-state index in [0.717, 1.165) is 5.75 Å². The number of rotatable bonds is 4. The molecule has 3 rings (SSSR count). The zero-order valence-corrected chi connectivity index (χ0v) is 14.8. The van der Waals surface area contributed by atoms with Crippen molar-refractivity contribution in [3.63, 3.8) is 0 Å². The second-order valence-electron chi connectivity index (χ2n) is 6.61. The number of nitrogens with zero attached hydrogens (tertiary/aromatic N) is 1. The maximum atomic E-state index is 12.5. The highest BCUT2D eigenvalue weighted by Crippen LogP contribution is 2.29. The summed E-state index contributed by atoms with van der Waals surface area (Å²) >= 11 is 1.55. The van der Waals surface area contributed by atoms with Crippen molar-refractivity contribution in [3.8, 4) is 0 Å². The van der Waals surface area contributed by atoms with Crippen LogP contribution in [0.2, 0.25) is 0 Å². The molecule has 7 heteroatoms. The third-order valence-electron chi connectivity index (χ3n) is 4.97. The molecule has 0 aliphatic carbocycles. The molecule has 6 nitrogen and oxygen atoms in total. The molecule has 134 valence electrons. The first kappa shape index (κ1) is 17.8. The molecular formula is C18H22N2O4S. The first-order chi connectivity index (χ1) is 12.0. The number of benzene rings is 1. The zero-order chi connectivity index (χ0) is 17.9. The average Bonchev–Trinajstić information content (AvgIpc) is 3.12. The van der Waals surface area contributed by atoms with E-state index in [2.05, 4.69) is 5.32 Å². The summed E-state index contributed by atoms with van der Waals surface area (Å²) in [5.41, 5.74) is -0.475. The van der Waals surface area contributed by atoms with Crippen molar-refractivity contribution in [1.82, 2.24) is 10.2 Å². The van der Waals surface area contributed by atoms with E-state index in [9.17, 15) is 19.5 Å². The van der Waals surface area contributed by atoms with Gasteiger partial charge in [-0.3, -0.25) is 9.59 Å². The van der Waals surface area contributed by atoms with E-state index in [4.69, 9.17) is 0 Å². The van der Waals surface area contributed by atoms with Gasteiger partial charge in [-0.05, 0) is 37.1 Å². The van der Waals surface area contributed by atoms with Gasteiger partial charge in [-0.2, -0.15) is 11.8 Å². The van der Waals surface area contributed by atoms with Gasteiger partial charge in [-0.15, -0.1) is 0 Å². The van der Waals surface area contributed by atoms with Crippen molar-refractivity contribution in [1.29, 1.82) is 0 Å². The Morgan fingerprint density at radius 2 is 1.84 bits per heavy atom. The molecule has 2 fully saturated rings. The summed E-state index contributed by atoms with van der Waals surface area (Å²) in [7, 11) is 0. The van der Waals surface area contributed by atoms with Crippen LogP contribution in [0.25, 0.3) is 0 Å². The summed E-state index contributed by atoms with van der Waals surface area (Å²) in [6.07, 6.45) is 1.59. The fraction of sp³-hybridized carbons (Fsp3) is 0.500. The van der Waals surface area contributed by atoms with E-state index in [1.807, 2.05) is 18.2 Å². The van der Waals surface area contributed by atoms with Crippen molar-refractivity contribution in [2.75, 3.05) is 24.6 Å². The summed E-state index contributed by atoms with van der Waals surface area (Å²) in [6.45, 7) is 1.03. The van der Waals surface area contributed by atoms with Crippen molar-refractivity contribution in [2.24, 2.45) is 5.92 Å². The number of hydrogen-bond acceptors (Lipinski definition) is 4. The maximum Gasteiger partial charge on any atom is 0.330 e. The molecule has 2 saturated heterocycles. The van der Waals surface area contributed by atoms with Gasteiger partial charge in [0.15, 0.2) is 0 Å². The Morgan fingerprint density at radius 1 is 1.16 bits per heavy atom. The first-order valence-electron chi connectivity index (χ1n) is 8.49. The number of likely N-dealkylation sites (tertiary alicyclic amines) is 1. The van der Waals surface area contributed by atoms with E-state index >= 15 is 0 Å². The van der Waals surface area contributed by atoms with Crippen LogP contribution in [-0.4, -0.2) is 57.9 Å². The van der Waals surface area contributed by atoms with Crippen LogP contribution in [0.1, 0.15) is 29.6 Å². The molecule has 2 N–H and O–H groups in total. The number of carbonyl (C=O) groups is 3. The standard InChI is InChI=1S/C18H22N2O4S/c21-15(19-18(17(23)24)8-11-25-12-18)13-6-9-20(10-7-13)16(22)14-4-2-1-3-5-14/h1-5,13H,6-12H2,(H,19,21)(H,23,24). The minimum Gasteiger partial charge on any atom is -0.479 e. The van der Waals surface area contributed by atoms with E-state index in [-0.39, 0.29) is 17.7 Å². The van der Waals surface area contributed by atoms with Crippen molar-refractivity contribution in [2.45, 2.75) is 24.8 Å². The van der Waals surface area contributed by atoms with Gasteiger partial charge in [0.25, 0.3) is 5.91 Å². The lowest BCUT2D eigenvalue weighted by molar-refractivity contribution is -0.147. The maximum absolute atomic E-state index is 12.5. The van der Waals surface area contributed by atoms with Gasteiger partial charge in [0.1, 0.15) is 5.54 Å². The molecule has 1 unspecified atom stereocenters. The SMILES string of the molecule is O=C(NC1(C(=O)O)CCSC1)C1CCN(C(=O)c2ccccc2)CC1. The normalized spacial score (nSPS) is 24.1. The predicted octanol–water partition coefficient (Wildman–Crippen LogP) is 1.62. The molecule has 0 bridgehead atoms. The third-order valence-corrected chi connectivity index (χ3v) is 6.16. The summed E-state index contributed by atoms with van der Waals surface area (Å²) < 4.78 is 0. The summed E-state index contributed by atoms with van der Waals surface area (Å²) in [5.74, 6) is -0.245. The molecule has 1 aromatic carbocycles. The van der Waals surface area contributed by atoms with Crippen molar-refractivity contribution < 1.29 is 19.5 Å². The fourth-order valence-corrected chi connectivity index (χ4v) is 4.66. The first-order valence-corrected chi connectivity index (χ1v) is 9.65. The number of nitrogens with one attached hydrogen (secondary N) is 1. The van der Waals surface area contributed by atoms with Crippen molar-refractivity contribution in [3.05, 3.63) is 35.9 Å². The van der Waals surface area contributed by atoms with Crippen LogP contribution in [0.5, 0.6) is 0 Å². The lowest BCUT2D eigenvalue weighted by Gasteiger charge is -2.33. The van der Waals surface area contributed by atoms with Crippen LogP contribution in [0.15, 0.2) is 30.3 Å². The molecule has 0 radical (unpaired) electrons. The minimum atomic E-state index is -1.13. The molecule has 2 heterocycles. The van der Waals surface area contributed by atoms with E-state index in [0.29, 0.717) is 43.7 Å². The molecule has 1 aromatic rings. The Bertz CT molecular complexity index is 650. The highest BCUT2D eigenvalue weighted by atomic mass is 32.2. The Balaban J connectivity index is 1.56. The lowest BCUT2D eigenvalue weighted by Crippen LogP contribution is -2.57. The van der Waals surface area contributed by atoms with Crippen LogP contribution < -0.4 is 5.32 Å². The van der Waals surface area contributed by atoms with Gasteiger partial charge in [0, 0.05) is 30.3 Å². The van der Waals surface area contributed by atoms with Crippen LogP contribution >= 0.6 is 11.8 Å². The topological polar surface area (TPSA) is 86.7 Å². The number of carboxylic acids is 1. The second kappa shape index (κ2) is 7.47. The quantitative estimate of drug-likeness (QED) is 0.850. The predicted molar refractivity (Wildman–Crippen MR) is 95.5 cm³/mol. The van der Waals surface area contributed by atoms with Gasteiger partial charge in [-0.25, -0.2) is 4.79 Å². The Labute approximate surface area is 151 Å². The zero-order valence-electron chi connectivity index (χ0n) is 13.9. The molecule has 0 saturated carbocycles. The largest absolute Gasteiger partial charge is 0.479 e. The Kier molecular flexibility index (Phi) is 5.32. The summed E-state index contributed by atoms with van der Waals surface area (Å²) in [5, 5.41) is 12.2. The molecule has 0 aromatic heterocycles. The lowest BCUT2D eigenvalue weighted by atomic mass is 9.92. The molecule has 1 atom stereocenters. The number of aliphatic carboxylic acids is 1. The number of hydrogen-bond donors (Lipinski definition) is 2. The second-order valence-corrected chi connectivity index (χ2v) is 7.72. The summed E-state index contributed by atoms with van der Waals surface area (Å²) in [6, 6.07) is 9.11. The smallest absolute Gasteiger partial charge is 0.330 e. The Morgan fingerprint density at radius 3 is 2.40 bits per heavy atom. The number of amides is 2. The highest BCUT2D eigenvalue weighted by Gasteiger charge is 2.44. The fourth-order valence-electron chi connectivity index (χ4n) is 3.33. The van der Waals surface area contributed by atoms with Gasteiger partial charge < -0.3 is 15.3 Å². The third kappa shape index (κ3) is 3.81. The number of piperidine rings is 1. The van der Waals surface area contributed by atoms with E-state index in [1.165, 1.54) is 0 Å². The monoisotopic (exact) mass is 362 g/mol. The number of carbonyl (C=O) groups excluding carboxylic acids is 2. The highest BCUT2D eigenvalue weighted by molar-refractivity contribution is 7.99. The molecule has 2 aliphatic heterocycles. The summed E-state index contributed by atoms with van der Waals surface area (Å²) in [4.78, 5) is 38.3. The minimum absolute atomic E-state index is 0.0198. The molecule has 25 heavy (non-hydrogen) atoms. The number of carboxylic acid groups (broad SMARTS) is 1. The van der Waals surface area contributed by atoms with Crippen LogP contribution in [-0.2, 0) is 9.59 Å².